The number of aromatic amines is 1. The van der Waals surface area contributed by atoms with E-state index < -0.39 is 13.7 Å². The number of nitrogens with zero attached hydrogens (tertiary/aromatic N) is 5. The zero-order valence-corrected chi connectivity index (χ0v) is 28.6. The summed E-state index contributed by atoms with van der Waals surface area (Å²) in [5, 5.41) is 9.17. The summed E-state index contributed by atoms with van der Waals surface area (Å²) in [7, 11) is 0.650. The standard InChI is InChI=1S/C32H44ClN7O3Si/c1-32(2,3)43-31(41)35-19-14-20-8-9-21(15-19)40(20)30-26(18-42-12-13-44(5,6)7)36-28-23(16-34-29(28)37-30)22-10-11-25-24(27(22)33)17-39(4)38-25/h10-11,16-17,19-21H,8-9,12-15,18H2,1-7H3,(H,34,37)(H,35,41). The lowest BCUT2D eigenvalue weighted by atomic mass is 9.97. The number of aromatic nitrogens is 5. The minimum Gasteiger partial charge on any atom is -0.444 e. The summed E-state index contributed by atoms with van der Waals surface area (Å²) in [6.07, 6.45) is 7.29. The smallest absolute Gasteiger partial charge is 0.407 e. The van der Waals surface area contributed by atoms with Gasteiger partial charge in [0.25, 0.3) is 0 Å². The normalized spacial score (nSPS) is 20.5. The molecule has 0 saturated carbocycles. The number of benzene rings is 1. The van der Waals surface area contributed by atoms with Gasteiger partial charge in [-0.15, -0.1) is 0 Å². The number of hydrogen-bond donors (Lipinski definition) is 2. The molecule has 44 heavy (non-hydrogen) atoms. The predicted molar refractivity (Wildman–Crippen MR) is 178 cm³/mol. The van der Waals surface area contributed by atoms with Crippen LogP contribution in [0.1, 0.15) is 52.1 Å². The largest absolute Gasteiger partial charge is 0.444 e. The first-order valence-electron chi connectivity index (χ1n) is 15.6. The average molecular weight is 638 g/mol. The van der Waals surface area contributed by atoms with Crippen molar-refractivity contribution >= 4 is 53.7 Å². The summed E-state index contributed by atoms with van der Waals surface area (Å²) >= 11 is 6.93. The molecule has 4 aromatic rings. The van der Waals surface area contributed by atoms with Gasteiger partial charge in [-0.1, -0.05) is 37.3 Å². The lowest BCUT2D eigenvalue weighted by Crippen LogP contribution is -2.51. The molecule has 2 aliphatic rings. The Labute approximate surface area is 264 Å². The van der Waals surface area contributed by atoms with Crippen LogP contribution in [-0.2, 0) is 23.1 Å². The molecular formula is C32H44ClN7O3Si. The van der Waals surface area contributed by atoms with E-state index in [1.54, 1.807) is 4.68 Å². The number of rotatable bonds is 8. The topological polar surface area (TPSA) is 110 Å². The van der Waals surface area contributed by atoms with Crippen molar-refractivity contribution in [2.45, 2.75) is 102 Å². The lowest BCUT2D eigenvalue weighted by Gasteiger charge is -2.40. The molecule has 2 aliphatic heterocycles. The third-order valence-electron chi connectivity index (χ3n) is 8.52. The van der Waals surface area contributed by atoms with Crippen LogP contribution in [0.2, 0.25) is 30.7 Å². The van der Waals surface area contributed by atoms with Gasteiger partial charge in [0.15, 0.2) is 11.5 Å². The van der Waals surface area contributed by atoms with Crippen molar-refractivity contribution in [3.8, 4) is 11.1 Å². The van der Waals surface area contributed by atoms with Gasteiger partial charge in [-0.05, 0) is 58.6 Å². The van der Waals surface area contributed by atoms with Crippen LogP contribution < -0.4 is 10.2 Å². The number of nitrogens with one attached hydrogen (secondary N) is 2. The third kappa shape index (κ3) is 6.45. The Morgan fingerprint density at radius 3 is 2.55 bits per heavy atom. The highest BCUT2D eigenvalue weighted by atomic mass is 35.5. The third-order valence-corrected chi connectivity index (χ3v) is 10.6. The number of fused-ring (bicyclic) bond motifs is 4. The van der Waals surface area contributed by atoms with E-state index in [0.717, 1.165) is 76.4 Å². The summed E-state index contributed by atoms with van der Waals surface area (Å²) < 4.78 is 13.6. The average Bonchev–Trinajstić information content (AvgIpc) is 3.57. The number of ether oxygens (including phenoxy) is 2. The van der Waals surface area contributed by atoms with E-state index in [1.165, 1.54) is 0 Å². The Balaban J connectivity index is 1.32. The van der Waals surface area contributed by atoms with Gasteiger partial charge in [0.05, 0.1) is 17.1 Å². The van der Waals surface area contributed by atoms with E-state index in [0.29, 0.717) is 18.2 Å². The van der Waals surface area contributed by atoms with Crippen LogP contribution in [0.4, 0.5) is 10.6 Å². The number of anilines is 1. The number of aryl methyl sites for hydroxylation is 1. The van der Waals surface area contributed by atoms with E-state index in [4.69, 9.17) is 31.0 Å². The minimum atomic E-state index is -1.25. The number of H-pyrrole nitrogens is 1. The van der Waals surface area contributed by atoms with Gasteiger partial charge in [0.1, 0.15) is 16.8 Å². The van der Waals surface area contributed by atoms with Crippen molar-refractivity contribution in [3.05, 3.63) is 35.2 Å². The van der Waals surface area contributed by atoms with Gasteiger partial charge in [-0.2, -0.15) is 5.10 Å². The van der Waals surface area contributed by atoms with Gasteiger partial charge in [-0.25, -0.2) is 14.8 Å². The van der Waals surface area contributed by atoms with E-state index in [2.05, 4.69) is 39.9 Å². The molecule has 236 valence electrons. The molecule has 2 fully saturated rings. The summed E-state index contributed by atoms with van der Waals surface area (Å²) in [6, 6.07) is 5.64. The zero-order valence-electron chi connectivity index (χ0n) is 26.8. The maximum Gasteiger partial charge on any atom is 0.407 e. The Kier molecular flexibility index (Phi) is 8.17. The maximum atomic E-state index is 12.5. The molecule has 2 bridgehead atoms. The number of piperidine rings is 1. The highest BCUT2D eigenvalue weighted by molar-refractivity contribution is 6.76. The summed E-state index contributed by atoms with van der Waals surface area (Å²) in [6.45, 7) is 13.8. The van der Waals surface area contributed by atoms with Crippen LogP contribution in [0.5, 0.6) is 0 Å². The second-order valence-corrected chi connectivity index (χ2v) is 20.5. The van der Waals surface area contributed by atoms with Gasteiger partial charge >= 0.3 is 6.09 Å². The number of carbonyl (C=O) groups excluding carboxylic acids is 1. The van der Waals surface area contributed by atoms with Gasteiger partial charge < -0.3 is 24.7 Å². The molecule has 2 N–H and O–H groups in total. The van der Waals surface area contributed by atoms with Crippen molar-refractivity contribution < 1.29 is 14.3 Å². The van der Waals surface area contributed by atoms with Crippen LogP contribution in [-0.4, -0.2) is 69.2 Å². The monoisotopic (exact) mass is 637 g/mol. The second-order valence-electron chi connectivity index (χ2n) is 14.5. The van der Waals surface area contributed by atoms with Crippen LogP contribution in [0.25, 0.3) is 33.2 Å². The van der Waals surface area contributed by atoms with E-state index >= 15 is 0 Å². The quantitative estimate of drug-likeness (QED) is 0.157. The van der Waals surface area contributed by atoms with E-state index in [9.17, 15) is 4.79 Å². The fourth-order valence-electron chi connectivity index (χ4n) is 6.52. The number of alkyl carbamates (subject to hydrolysis) is 1. The van der Waals surface area contributed by atoms with Crippen LogP contribution >= 0.6 is 11.6 Å². The molecular weight excluding hydrogens is 594 g/mol. The van der Waals surface area contributed by atoms with E-state index in [1.807, 2.05) is 52.3 Å². The number of carbonyl (C=O) groups is 1. The summed E-state index contributed by atoms with van der Waals surface area (Å²) in [5.74, 6) is 0.871. The summed E-state index contributed by atoms with van der Waals surface area (Å²) in [5.41, 5.74) is 4.45. The Bertz CT molecular complexity index is 1680. The van der Waals surface area contributed by atoms with Gasteiger partial charge in [-0.3, -0.25) is 4.68 Å². The first kappa shape index (κ1) is 30.9. The maximum absolute atomic E-state index is 12.5. The van der Waals surface area contributed by atoms with Gasteiger partial charge in [0.2, 0.25) is 0 Å². The van der Waals surface area contributed by atoms with Crippen LogP contribution in [0.3, 0.4) is 0 Å². The molecule has 2 atom stereocenters. The minimum absolute atomic E-state index is 0.0633. The van der Waals surface area contributed by atoms with Crippen molar-refractivity contribution in [1.29, 1.82) is 0 Å². The SMILES string of the molecule is Cn1cc2c(Cl)c(-c3c[nH]c4nc(N5C6CCC5CC(NC(=O)OC(C)(C)C)C6)c(COCC[Si](C)(C)C)nc34)ccc2n1. The number of halogens is 1. The molecule has 12 heteroatoms. The Morgan fingerprint density at radius 1 is 1.14 bits per heavy atom. The van der Waals surface area contributed by atoms with Crippen molar-refractivity contribution in [2.75, 3.05) is 11.5 Å². The van der Waals surface area contributed by atoms with Crippen LogP contribution in [0, 0.1) is 0 Å². The van der Waals surface area contributed by atoms with E-state index in [-0.39, 0.29) is 24.2 Å². The summed E-state index contributed by atoms with van der Waals surface area (Å²) in [4.78, 5) is 28.8. The molecule has 0 radical (unpaired) electrons. The fourth-order valence-corrected chi connectivity index (χ4v) is 7.58. The molecule has 2 saturated heterocycles. The fraction of sp³-hybridized carbons (Fsp3) is 0.562. The molecule has 10 nitrogen and oxygen atoms in total. The van der Waals surface area contributed by atoms with Crippen LogP contribution in [0.15, 0.2) is 24.5 Å². The zero-order chi connectivity index (χ0) is 31.4. The highest BCUT2D eigenvalue weighted by Gasteiger charge is 2.43. The number of hydrogen-bond acceptors (Lipinski definition) is 7. The van der Waals surface area contributed by atoms with Crippen molar-refractivity contribution in [2.24, 2.45) is 7.05 Å². The first-order valence-corrected chi connectivity index (χ1v) is 19.7. The lowest BCUT2D eigenvalue weighted by molar-refractivity contribution is 0.0492. The second kappa shape index (κ2) is 11.6. The Morgan fingerprint density at radius 2 is 1.86 bits per heavy atom. The van der Waals surface area contributed by atoms with Crippen molar-refractivity contribution in [3.63, 3.8) is 0 Å². The molecule has 1 amide bonds. The molecule has 0 spiro atoms. The Hall–Kier alpha value is -3.15. The highest BCUT2D eigenvalue weighted by Crippen LogP contribution is 2.42. The molecule has 1 aromatic carbocycles. The molecule has 0 aliphatic carbocycles. The molecule has 3 aromatic heterocycles. The van der Waals surface area contributed by atoms with Crippen molar-refractivity contribution in [1.82, 2.24) is 30.0 Å². The van der Waals surface area contributed by atoms with Gasteiger partial charge in [0, 0.05) is 68.8 Å². The molecule has 6 rings (SSSR count). The predicted octanol–water partition coefficient (Wildman–Crippen LogP) is 7.04. The number of amides is 1. The first-order chi connectivity index (χ1) is 20.8. The molecule has 5 heterocycles. The molecule has 2 unspecified atom stereocenters.